The molecular formula is C54H36N2. The molecule has 0 aliphatic heterocycles. The van der Waals surface area contributed by atoms with Gasteiger partial charge in [-0.1, -0.05) is 158 Å². The quantitative estimate of drug-likeness (QED) is 0.156. The van der Waals surface area contributed by atoms with Gasteiger partial charge < -0.3 is 9.47 Å². The smallest absolute Gasteiger partial charge is 0.0541 e. The lowest BCUT2D eigenvalue weighted by Gasteiger charge is -2.26. The van der Waals surface area contributed by atoms with Crippen molar-refractivity contribution < 1.29 is 0 Å². The lowest BCUT2D eigenvalue weighted by atomic mass is 9.94. The van der Waals surface area contributed by atoms with Crippen LogP contribution in [0.2, 0.25) is 0 Å². The highest BCUT2D eigenvalue weighted by atomic mass is 15.1. The van der Waals surface area contributed by atoms with E-state index in [0.29, 0.717) is 0 Å². The molecule has 0 amide bonds. The Balaban J connectivity index is 0.985. The van der Waals surface area contributed by atoms with Gasteiger partial charge in [0.15, 0.2) is 0 Å². The summed E-state index contributed by atoms with van der Waals surface area (Å²) in [6.45, 7) is 0. The average molecular weight is 713 g/mol. The van der Waals surface area contributed by atoms with Gasteiger partial charge in [-0.2, -0.15) is 0 Å². The molecule has 0 saturated heterocycles. The predicted molar refractivity (Wildman–Crippen MR) is 239 cm³/mol. The first-order chi connectivity index (χ1) is 27.8. The molecular weight excluding hydrogens is 677 g/mol. The summed E-state index contributed by atoms with van der Waals surface area (Å²) >= 11 is 0. The molecule has 1 heterocycles. The van der Waals surface area contributed by atoms with Gasteiger partial charge in [0, 0.05) is 33.4 Å². The fraction of sp³-hybridized carbons (Fsp3) is 0. The number of hydrogen-bond donors (Lipinski definition) is 0. The summed E-state index contributed by atoms with van der Waals surface area (Å²) in [6, 6.07) is 79.4. The van der Waals surface area contributed by atoms with Crippen LogP contribution in [0.5, 0.6) is 0 Å². The zero-order valence-electron chi connectivity index (χ0n) is 30.7. The van der Waals surface area contributed by atoms with Crippen molar-refractivity contribution in [3.05, 3.63) is 218 Å². The Kier molecular flexibility index (Phi) is 7.53. The van der Waals surface area contributed by atoms with Crippen LogP contribution >= 0.6 is 0 Å². The molecule has 1 aromatic heterocycles. The number of hydrogen-bond acceptors (Lipinski definition) is 1. The van der Waals surface area contributed by atoms with Gasteiger partial charge in [-0.05, 0) is 110 Å². The predicted octanol–water partition coefficient (Wildman–Crippen LogP) is 15.0. The van der Waals surface area contributed by atoms with Crippen molar-refractivity contribution in [3.8, 4) is 27.9 Å². The molecule has 0 bridgehead atoms. The van der Waals surface area contributed by atoms with Crippen LogP contribution in [0.15, 0.2) is 218 Å². The van der Waals surface area contributed by atoms with Crippen LogP contribution in [0.4, 0.5) is 17.1 Å². The molecule has 11 rings (SSSR count). The number of fused-ring (bicyclic) bond motifs is 8. The largest absolute Gasteiger partial charge is 0.310 e. The molecule has 0 unspecified atom stereocenters. The van der Waals surface area contributed by atoms with Crippen LogP contribution in [0.3, 0.4) is 0 Å². The Hall–Kier alpha value is -7.42. The summed E-state index contributed by atoms with van der Waals surface area (Å²) in [7, 11) is 0. The number of para-hydroxylation sites is 4. The van der Waals surface area contributed by atoms with Gasteiger partial charge in [0.2, 0.25) is 0 Å². The highest BCUT2D eigenvalue weighted by Gasteiger charge is 2.17. The molecule has 2 heteroatoms. The molecule has 0 fully saturated rings. The van der Waals surface area contributed by atoms with Gasteiger partial charge in [0.25, 0.3) is 0 Å². The number of nitrogens with zero attached hydrogens (tertiary/aromatic N) is 2. The number of benzene rings is 10. The maximum absolute atomic E-state index is 2.41. The summed E-state index contributed by atoms with van der Waals surface area (Å²) in [5.74, 6) is 0. The van der Waals surface area contributed by atoms with E-state index in [-0.39, 0.29) is 0 Å². The Labute approximate surface area is 325 Å². The van der Waals surface area contributed by atoms with Crippen molar-refractivity contribution in [2.75, 3.05) is 4.90 Å². The first-order valence-corrected chi connectivity index (χ1v) is 19.3. The van der Waals surface area contributed by atoms with E-state index in [2.05, 4.69) is 228 Å². The number of aromatic nitrogens is 1. The normalized spacial score (nSPS) is 11.6. The van der Waals surface area contributed by atoms with Crippen molar-refractivity contribution in [3.63, 3.8) is 0 Å². The van der Waals surface area contributed by atoms with Crippen molar-refractivity contribution in [2.24, 2.45) is 0 Å². The van der Waals surface area contributed by atoms with Crippen molar-refractivity contribution in [1.29, 1.82) is 0 Å². The highest BCUT2D eigenvalue weighted by Crippen LogP contribution is 2.40. The Bertz CT molecular complexity index is 3190. The van der Waals surface area contributed by atoms with Gasteiger partial charge >= 0.3 is 0 Å². The molecule has 0 aliphatic rings. The lowest BCUT2D eigenvalue weighted by molar-refractivity contribution is 1.18. The number of anilines is 3. The second kappa shape index (κ2) is 13.2. The van der Waals surface area contributed by atoms with Gasteiger partial charge in [-0.15, -0.1) is 0 Å². The lowest BCUT2D eigenvalue weighted by Crippen LogP contribution is -2.09. The summed E-state index contributed by atoms with van der Waals surface area (Å²) in [5.41, 5.74) is 11.6. The average Bonchev–Trinajstić information content (AvgIpc) is 3.61. The van der Waals surface area contributed by atoms with Gasteiger partial charge in [0.1, 0.15) is 0 Å². The van der Waals surface area contributed by atoms with E-state index in [9.17, 15) is 0 Å². The molecule has 0 radical (unpaired) electrons. The maximum atomic E-state index is 2.41. The van der Waals surface area contributed by atoms with Crippen molar-refractivity contribution in [2.45, 2.75) is 0 Å². The minimum atomic E-state index is 1.10. The molecule has 0 aliphatic carbocycles. The standard InChI is InChI=1S/C54H36N2/c1-2-15-42(16-3-1)55(44-17-12-14-39(36-44)40-28-32-46-41(35-40)29-34-48-45-18-5-4-13-37(45)27-33-49(46)48)43-30-25-38(26-31-43)47-19-6-9-22-52(47)56-53-23-10-7-20-50(53)51-21-8-11-24-54(51)56/h1-36H. The van der Waals surface area contributed by atoms with Crippen LogP contribution in [0.25, 0.3) is 82.1 Å². The van der Waals surface area contributed by atoms with Crippen LogP contribution in [-0.2, 0) is 0 Å². The fourth-order valence-corrected chi connectivity index (χ4v) is 8.74. The van der Waals surface area contributed by atoms with E-state index in [1.165, 1.54) is 82.1 Å². The second-order valence-corrected chi connectivity index (χ2v) is 14.5. The molecule has 0 N–H and O–H groups in total. The van der Waals surface area contributed by atoms with E-state index in [4.69, 9.17) is 0 Å². The molecule has 11 aromatic rings. The minimum absolute atomic E-state index is 1.10. The van der Waals surface area contributed by atoms with Gasteiger partial charge in [-0.3, -0.25) is 0 Å². The monoisotopic (exact) mass is 712 g/mol. The number of rotatable bonds is 6. The topological polar surface area (TPSA) is 8.17 Å². The first kappa shape index (κ1) is 32.0. The molecule has 2 nitrogen and oxygen atoms in total. The van der Waals surface area contributed by atoms with Crippen LogP contribution in [-0.4, -0.2) is 4.57 Å². The van der Waals surface area contributed by atoms with Crippen LogP contribution in [0.1, 0.15) is 0 Å². The Morgan fingerprint density at radius 3 is 1.59 bits per heavy atom. The minimum Gasteiger partial charge on any atom is -0.310 e. The van der Waals surface area contributed by atoms with E-state index >= 15 is 0 Å². The SMILES string of the molecule is c1ccc(N(c2ccc(-c3ccccc3-n3c4ccccc4c4ccccc43)cc2)c2cccc(-c3ccc4c(ccc5c6ccccc6ccc45)c3)c2)cc1. The van der Waals surface area contributed by atoms with Crippen molar-refractivity contribution >= 4 is 71.2 Å². The second-order valence-electron chi connectivity index (χ2n) is 14.5. The molecule has 10 aromatic carbocycles. The zero-order valence-corrected chi connectivity index (χ0v) is 30.7. The maximum Gasteiger partial charge on any atom is 0.0541 e. The van der Waals surface area contributed by atoms with Gasteiger partial charge in [-0.25, -0.2) is 0 Å². The summed E-state index contributed by atoms with van der Waals surface area (Å²) in [4.78, 5) is 2.35. The van der Waals surface area contributed by atoms with E-state index < -0.39 is 0 Å². The Morgan fingerprint density at radius 1 is 0.286 bits per heavy atom. The molecule has 56 heavy (non-hydrogen) atoms. The molecule has 262 valence electrons. The van der Waals surface area contributed by atoms with E-state index in [1.54, 1.807) is 0 Å². The highest BCUT2D eigenvalue weighted by molar-refractivity contribution is 6.17. The van der Waals surface area contributed by atoms with Crippen molar-refractivity contribution in [1.82, 2.24) is 4.57 Å². The third kappa shape index (κ3) is 5.26. The molecule has 0 spiro atoms. The molecule has 0 atom stereocenters. The third-order valence-electron chi connectivity index (χ3n) is 11.4. The summed E-state index contributed by atoms with van der Waals surface area (Å²) in [6.07, 6.45) is 0. The van der Waals surface area contributed by atoms with Crippen LogP contribution in [0, 0.1) is 0 Å². The van der Waals surface area contributed by atoms with Crippen LogP contribution < -0.4 is 4.90 Å². The summed E-state index contributed by atoms with van der Waals surface area (Å²) < 4.78 is 2.41. The van der Waals surface area contributed by atoms with E-state index in [0.717, 1.165) is 17.1 Å². The first-order valence-electron chi connectivity index (χ1n) is 19.3. The zero-order chi connectivity index (χ0) is 37.0. The fourth-order valence-electron chi connectivity index (χ4n) is 8.74. The third-order valence-corrected chi connectivity index (χ3v) is 11.4. The molecule has 0 saturated carbocycles. The Morgan fingerprint density at radius 2 is 0.821 bits per heavy atom. The van der Waals surface area contributed by atoms with Gasteiger partial charge in [0.05, 0.1) is 16.7 Å². The van der Waals surface area contributed by atoms with E-state index in [1.807, 2.05) is 0 Å². The summed E-state index contributed by atoms with van der Waals surface area (Å²) in [5, 5.41) is 10.2.